The van der Waals surface area contributed by atoms with Crippen LogP contribution in [0.4, 0.5) is 4.39 Å². The van der Waals surface area contributed by atoms with Crippen LogP contribution in [0.3, 0.4) is 0 Å². The Kier molecular flexibility index (Phi) is 4.22. The predicted octanol–water partition coefficient (Wildman–Crippen LogP) is 3.82. The molecule has 1 aliphatic carbocycles. The molecule has 2 atom stereocenters. The minimum absolute atomic E-state index is 0.0645. The van der Waals surface area contributed by atoms with Crippen molar-refractivity contribution in [2.45, 2.75) is 61.5 Å². The minimum Gasteiger partial charge on any atom is -0.371 e. The summed E-state index contributed by atoms with van der Waals surface area (Å²) >= 11 is 0. The number of hydrogen-bond donors (Lipinski definition) is 0. The summed E-state index contributed by atoms with van der Waals surface area (Å²) in [4.78, 5) is 0.568. The van der Waals surface area contributed by atoms with Crippen molar-refractivity contribution in [1.29, 1.82) is 0 Å². The summed E-state index contributed by atoms with van der Waals surface area (Å²) < 4.78 is 31.7. The molecule has 1 heterocycles. The third-order valence-electron chi connectivity index (χ3n) is 4.50. The lowest BCUT2D eigenvalue weighted by atomic mass is 9.83. The second kappa shape index (κ2) is 5.94. The fourth-order valence-corrected chi connectivity index (χ4v) is 4.69. The van der Waals surface area contributed by atoms with E-state index in [-0.39, 0.29) is 17.5 Å². The summed E-state index contributed by atoms with van der Waals surface area (Å²) in [6.07, 6.45) is 8.26. The van der Waals surface area contributed by atoms with Gasteiger partial charge in [0.15, 0.2) is 0 Å². The van der Waals surface area contributed by atoms with Gasteiger partial charge in [0.1, 0.15) is 5.82 Å². The first-order valence-electron chi connectivity index (χ1n) is 7.49. The van der Waals surface area contributed by atoms with Gasteiger partial charge in [-0.1, -0.05) is 25.3 Å². The zero-order valence-electron chi connectivity index (χ0n) is 11.6. The molecule has 0 aromatic heterocycles. The van der Waals surface area contributed by atoms with Crippen molar-refractivity contribution in [2.24, 2.45) is 0 Å². The average molecular weight is 296 g/mol. The fourth-order valence-electron chi connectivity index (χ4n) is 3.45. The average Bonchev–Trinajstić information content (AvgIpc) is 2.82. The summed E-state index contributed by atoms with van der Waals surface area (Å²) in [7, 11) is -1.17. The zero-order valence-corrected chi connectivity index (χ0v) is 12.5. The van der Waals surface area contributed by atoms with Crippen molar-refractivity contribution >= 4 is 10.8 Å². The van der Waals surface area contributed by atoms with Crippen molar-refractivity contribution < 1.29 is 13.3 Å². The highest BCUT2D eigenvalue weighted by Gasteiger charge is 2.41. The number of rotatable bonds is 3. The van der Waals surface area contributed by atoms with E-state index in [4.69, 9.17) is 4.74 Å². The molecule has 1 saturated carbocycles. The summed E-state index contributed by atoms with van der Waals surface area (Å²) in [6, 6.07) is 6.08. The smallest absolute Gasteiger partial charge is 0.124 e. The Morgan fingerprint density at radius 3 is 2.80 bits per heavy atom. The summed E-state index contributed by atoms with van der Waals surface area (Å²) in [5.74, 6) is 0.164. The van der Waals surface area contributed by atoms with Gasteiger partial charge in [0, 0.05) is 4.90 Å². The fraction of sp³-hybridized carbons (Fsp3) is 0.625. The maximum atomic E-state index is 13.2. The van der Waals surface area contributed by atoms with Gasteiger partial charge in [-0.15, -0.1) is 0 Å². The van der Waals surface area contributed by atoms with Crippen LogP contribution in [-0.4, -0.2) is 21.7 Å². The molecule has 1 spiro atoms. The van der Waals surface area contributed by atoms with Crippen LogP contribution >= 0.6 is 0 Å². The van der Waals surface area contributed by atoms with E-state index in [1.165, 1.54) is 31.4 Å². The van der Waals surface area contributed by atoms with Gasteiger partial charge in [-0.2, -0.15) is 0 Å². The van der Waals surface area contributed by atoms with E-state index in [2.05, 4.69) is 0 Å². The Hall–Kier alpha value is -0.740. The Balaban J connectivity index is 1.60. The Bertz CT molecular complexity index is 497. The molecule has 2 fully saturated rings. The second-order valence-corrected chi connectivity index (χ2v) is 7.49. The molecule has 0 radical (unpaired) electrons. The number of ether oxygens (including phenoxy) is 1. The summed E-state index contributed by atoms with van der Waals surface area (Å²) in [5, 5.41) is 0. The van der Waals surface area contributed by atoms with E-state index in [1.54, 1.807) is 12.1 Å². The van der Waals surface area contributed by atoms with Crippen molar-refractivity contribution in [1.82, 2.24) is 0 Å². The normalized spacial score (nSPS) is 26.8. The molecule has 2 unspecified atom stereocenters. The lowest BCUT2D eigenvalue weighted by molar-refractivity contribution is -0.0557. The lowest BCUT2D eigenvalue weighted by Crippen LogP contribution is -2.32. The standard InChI is InChI=1S/C16H21FO2S/c17-13-5-4-6-15(11-13)20(18)12-14-7-10-16(19-14)8-2-1-3-9-16/h4-6,11,14H,1-3,7-10,12H2. The van der Waals surface area contributed by atoms with E-state index in [9.17, 15) is 8.60 Å². The van der Waals surface area contributed by atoms with Crippen molar-refractivity contribution in [2.75, 3.05) is 5.75 Å². The van der Waals surface area contributed by atoms with Crippen LogP contribution in [0.2, 0.25) is 0 Å². The quantitative estimate of drug-likeness (QED) is 0.847. The molecule has 1 aliphatic heterocycles. The molecular formula is C16H21FO2S. The molecule has 0 N–H and O–H groups in total. The van der Waals surface area contributed by atoms with Gasteiger partial charge in [0.2, 0.25) is 0 Å². The molecule has 4 heteroatoms. The zero-order chi connectivity index (χ0) is 14.0. The molecule has 2 aliphatic rings. The number of benzene rings is 1. The molecule has 0 bridgehead atoms. The maximum Gasteiger partial charge on any atom is 0.124 e. The number of hydrogen-bond acceptors (Lipinski definition) is 2. The topological polar surface area (TPSA) is 26.3 Å². The van der Waals surface area contributed by atoms with E-state index in [0.717, 1.165) is 25.7 Å². The highest BCUT2D eigenvalue weighted by atomic mass is 32.2. The van der Waals surface area contributed by atoms with E-state index < -0.39 is 10.8 Å². The van der Waals surface area contributed by atoms with Gasteiger partial charge < -0.3 is 4.74 Å². The molecule has 110 valence electrons. The SMILES string of the molecule is O=S(CC1CCC2(CCCCC2)O1)c1cccc(F)c1. The third kappa shape index (κ3) is 3.12. The van der Waals surface area contributed by atoms with Crippen molar-refractivity contribution in [3.05, 3.63) is 30.1 Å². The van der Waals surface area contributed by atoms with Crippen LogP contribution < -0.4 is 0 Å². The van der Waals surface area contributed by atoms with Gasteiger partial charge in [0.05, 0.1) is 28.3 Å². The van der Waals surface area contributed by atoms with Crippen LogP contribution in [0, 0.1) is 5.82 Å². The van der Waals surface area contributed by atoms with Crippen molar-refractivity contribution in [3.63, 3.8) is 0 Å². The van der Waals surface area contributed by atoms with Gasteiger partial charge in [0.25, 0.3) is 0 Å². The molecule has 3 rings (SSSR count). The molecule has 20 heavy (non-hydrogen) atoms. The molecule has 1 aromatic carbocycles. The first-order valence-corrected chi connectivity index (χ1v) is 8.81. The van der Waals surface area contributed by atoms with E-state index in [1.807, 2.05) is 0 Å². The maximum absolute atomic E-state index is 13.2. The third-order valence-corrected chi connectivity index (χ3v) is 5.95. The second-order valence-electron chi connectivity index (χ2n) is 5.99. The van der Waals surface area contributed by atoms with E-state index >= 15 is 0 Å². The minimum atomic E-state index is -1.17. The van der Waals surface area contributed by atoms with Gasteiger partial charge in [-0.3, -0.25) is 4.21 Å². The van der Waals surface area contributed by atoms with Crippen LogP contribution in [-0.2, 0) is 15.5 Å². The molecule has 2 nitrogen and oxygen atoms in total. The summed E-state index contributed by atoms with van der Waals surface area (Å²) in [5.41, 5.74) is 0.0645. The van der Waals surface area contributed by atoms with Crippen LogP contribution in [0.15, 0.2) is 29.2 Å². The van der Waals surface area contributed by atoms with Gasteiger partial charge >= 0.3 is 0 Å². The Morgan fingerprint density at radius 1 is 1.25 bits per heavy atom. The van der Waals surface area contributed by atoms with Crippen LogP contribution in [0.1, 0.15) is 44.9 Å². The van der Waals surface area contributed by atoms with Crippen LogP contribution in [0.25, 0.3) is 0 Å². The number of halogens is 1. The largest absolute Gasteiger partial charge is 0.371 e. The lowest BCUT2D eigenvalue weighted by Gasteiger charge is -2.33. The van der Waals surface area contributed by atoms with Gasteiger partial charge in [-0.25, -0.2) is 4.39 Å². The highest BCUT2D eigenvalue weighted by Crippen LogP contribution is 2.42. The predicted molar refractivity (Wildman–Crippen MR) is 77.6 cm³/mol. The first kappa shape index (κ1) is 14.2. The Labute approximate surface area is 122 Å². The molecule has 0 amide bonds. The van der Waals surface area contributed by atoms with Crippen molar-refractivity contribution in [3.8, 4) is 0 Å². The highest BCUT2D eigenvalue weighted by molar-refractivity contribution is 7.85. The molecule has 1 aromatic rings. The first-order chi connectivity index (χ1) is 9.67. The monoisotopic (exact) mass is 296 g/mol. The Morgan fingerprint density at radius 2 is 2.05 bits per heavy atom. The van der Waals surface area contributed by atoms with E-state index in [0.29, 0.717) is 10.6 Å². The van der Waals surface area contributed by atoms with Gasteiger partial charge in [-0.05, 0) is 43.9 Å². The molecule has 1 saturated heterocycles. The van der Waals surface area contributed by atoms with Crippen LogP contribution in [0.5, 0.6) is 0 Å². The summed E-state index contributed by atoms with van der Waals surface area (Å²) in [6.45, 7) is 0. The molecular weight excluding hydrogens is 275 g/mol.